The minimum atomic E-state index is 0. The molecule has 0 aliphatic heterocycles. The second-order valence-corrected chi connectivity index (χ2v) is 4.95. The number of aromatic nitrogens is 1. The summed E-state index contributed by atoms with van der Waals surface area (Å²) in [6, 6.07) is 12.8. The van der Waals surface area contributed by atoms with Crippen molar-refractivity contribution >= 4 is 10.9 Å². The molecule has 0 amide bonds. The van der Waals surface area contributed by atoms with E-state index in [1.54, 1.807) is 11.1 Å². The fraction of sp³-hybridized carbons (Fsp3) is 0.235. The van der Waals surface area contributed by atoms with Crippen LogP contribution >= 0.6 is 0 Å². The molecule has 108 valence electrons. The molecule has 1 aromatic heterocycles. The first kappa shape index (κ1) is 20.4. The van der Waals surface area contributed by atoms with E-state index in [-0.39, 0.29) is 46.5 Å². The van der Waals surface area contributed by atoms with Crippen molar-refractivity contribution in [3.8, 4) is 0 Å². The minimum absolute atomic E-state index is 0. The number of halogens is 2. The Labute approximate surface area is 153 Å². The van der Waals surface area contributed by atoms with Crippen molar-refractivity contribution in [2.45, 2.75) is 26.7 Å². The van der Waals surface area contributed by atoms with Gasteiger partial charge in [-0.15, -0.1) is 28.7 Å². The SMILES string of the molecule is Cc1[c-][nH]c2cccc(C)c12.[Cl-].[Cl-].[Ti+4].c1cc2[c-](c1)CC2. The van der Waals surface area contributed by atoms with Crippen LogP contribution in [0, 0.1) is 20.0 Å². The van der Waals surface area contributed by atoms with E-state index in [9.17, 15) is 0 Å². The third kappa shape index (κ3) is 4.20. The molecule has 0 unspecified atom stereocenters. The van der Waals surface area contributed by atoms with Crippen molar-refractivity contribution in [1.82, 2.24) is 4.98 Å². The van der Waals surface area contributed by atoms with E-state index in [1.165, 1.54) is 34.9 Å². The average Bonchev–Trinajstić information content (AvgIpc) is 2.86. The number of aryl methyl sites for hydroxylation is 4. The Morgan fingerprint density at radius 2 is 1.86 bits per heavy atom. The van der Waals surface area contributed by atoms with Crippen LogP contribution in [0.5, 0.6) is 0 Å². The van der Waals surface area contributed by atoms with E-state index in [1.807, 2.05) is 0 Å². The van der Waals surface area contributed by atoms with E-state index in [0.29, 0.717) is 0 Å². The first-order valence-electron chi connectivity index (χ1n) is 6.45. The molecule has 1 nitrogen and oxygen atoms in total. The van der Waals surface area contributed by atoms with Crippen LogP contribution in [0.1, 0.15) is 22.3 Å². The number of H-pyrrole nitrogens is 1. The van der Waals surface area contributed by atoms with Crippen LogP contribution in [0.3, 0.4) is 0 Å². The molecule has 2 aromatic carbocycles. The largest absolute Gasteiger partial charge is 4.00 e. The molecule has 1 aliphatic rings. The Kier molecular flexibility index (Phi) is 8.50. The molecule has 0 fully saturated rings. The second kappa shape index (κ2) is 8.75. The van der Waals surface area contributed by atoms with Crippen LogP contribution in [0.2, 0.25) is 0 Å². The van der Waals surface area contributed by atoms with Gasteiger partial charge in [0.05, 0.1) is 0 Å². The molecule has 0 saturated carbocycles. The number of hydrogen-bond acceptors (Lipinski definition) is 0. The zero-order valence-electron chi connectivity index (χ0n) is 12.1. The molecular formula is C17H17Cl2NTi. The normalized spacial score (nSPS) is 10.8. The number of hydrogen-bond donors (Lipinski definition) is 1. The van der Waals surface area contributed by atoms with Gasteiger partial charge in [-0.3, -0.25) is 0 Å². The van der Waals surface area contributed by atoms with Gasteiger partial charge in [-0.1, -0.05) is 38.8 Å². The van der Waals surface area contributed by atoms with Crippen molar-refractivity contribution < 1.29 is 46.5 Å². The molecule has 0 bridgehead atoms. The summed E-state index contributed by atoms with van der Waals surface area (Å²) in [6.07, 6.45) is 5.74. The van der Waals surface area contributed by atoms with Gasteiger partial charge >= 0.3 is 21.7 Å². The van der Waals surface area contributed by atoms with E-state index in [2.05, 4.69) is 61.4 Å². The Hall–Kier alpha value is -0.596. The van der Waals surface area contributed by atoms with E-state index in [0.717, 1.165) is 0 Å². The molecule has 0 radical (unpaired) electrons. The number of rotatable bonds is 0. The summed E-state index contributed by atoms with van der Waals surface area (Å²) in [7, 11) is 0. The molecule has 1 heterocycles. The molecule has 4 heteroatoms. The summed E-state index contributed by atoms with van der Waals surface area (Å²) < 4.78 is 0. The summed E-state index contributed by atoms with van der Waals surface area (Å²) in [5.74, 6) is 0. The number of benzene rings is 1. The summed E-state index contributed by atoms with van der Waals surface area (Å²) in [5.41, 5.74) is 6.85. The molecular weight excluding hydrogens is 337 g/mol. The maximum absolute atomic E-state index is 3.10. The maximum Gasteiger partial charge on any atom is 4.00 e. The standard InChI is InChI=1S/C10H10N.C7H7.2ClH.Ti/c1-7-4-3-5-9-10(7)8(2)6-11-9;1-2-6-4-5-7(6)3-1;;;/h3-5,11H,1-2H3;1-3H,4-5H2;2*1H;/q2*-1;;;+4/p-2. The van der Waals surface area contributed by atoms with Crippen LogP contribution < -0.4 is 24.8 Å². The van der Waals surface area contributed by atoms with Gasteiger partial charge in [0.15, 0.2) is 0 Å². The van der Waals surface area contributed by atoms with Gasteiger partial charge in [-0.25, -0.2) is 12.1 Å². The predicted molar refractivity (Wildman–Crippen MR) is 76.1 cm³/mol. The predicted octanol–water partition coefficient (Wildman–Crippen LogP) is -1.91. The van der Waals surface area contributed by atoms with Gasteiger partial charge in [0.1, 0.15) is 0 Å². The van der Waals surface area contributed by atoms with Gasteiger partial charge in [0.25, 0.3) is 0 Å². The van der Waals surface area contributed by atoms with Crippen LogP contribution in [0.15, 0.2) is 36.4 Å². The zero-order chi connectivity index (χ0) is 12.5. The van der Waals surface area contributed by atoms with Gasteiger partial charge in [0.2, 0.25) is 0 Å². The zero-order valence-corrected chi connectivity index (χ0v) is 15.2. The van der Waals surface area contributed by atoms with Gasteiger partial charge in [-0.2, -0.15) is 22.8 Å². The first-order valence-corrected chi connectivity index (χ1v) is 6.45. The molecule has 1 N–H and O–H groups in total. The maximum atomic E-state index is 3.10. The van der Waals surface area contributed by atoms with Crippen molar-refractivity contribution in [1.29, 1.82) is 0 Å². The number of fused-ring (bicyclic) bond motifs is 2. The van der Waals surface area contributed by atoms with Crippen LogP contribution in [0.25, 0.3) is 10.9 Å². The molecule has 4 rings (SSSR count). The third-order valence-electron chi connectivity index (χ3n) is 3.70. The Morgan fingerprint density at radius 3 is 2.33 bits per heavy atom. The molecule has 1 aliphatic carbocycles. The number of aromatic amines is 1. The van der Waals surface area contributed by atoms with Crippen molar-refractivity contribution in [2.75, 3.05) is 0 Å². The molecule has 0 saturated heterocycles. The van der Waals surface area contributed by atoms with E-state index >= 15 is 0 Å². The Bertz CT molecular complexity index is 666. The Morgan fingerprint density at radius 1 is 1.10 bits per heavy atom. The third-order valence-corrected chi connectivity index (χ3v) is 3.70. The number of nitrogens with one attached hydrogen (secondary N) is 1. The fourth-order valence-corrected chi connectivity index (χ4v) is 2.57. The van der Waals surface area contributed by atoms with Crippen LogP contribution in [-0.4, -0.2) is 4.98 Å². The second-order valence-electron chi connectivity index (χ2n) is 4.95. The van der Waals surface area contributed by atoms with Crippen molar-refractivity contribution in [3.05, 3.63) is 64.8 Å². The topological polar surface area (TPSA) is 15.8 Å². The van der Waals surface area contributed by atoms with E-state index in [4.69, 9.17) is 0 Å². The first-order chi connectivity index (χ1) is 8.75. The summed E-state index contributed by atoms with van der Waals surface area (Å²) in [4.78, 5) is 3.10. The Balaban J connectivity index is 0.000000354. The van der Waals surface area contributed by atoms with Crippen LogP contribution in [0.4, 0.5) is 0 Å². The fourth-order valence-electron chi connectivity index (χ4n) is 2.57. The summed E-state index contributed by atoms with van der Waals surface area (Å²) >= 11 is 0. The van der Waals surface area contributed by atoms with Crippen LogP contribution in [-0.2, 0) is 34.6 Å². The monoisotopic (exact) mass is 353 g/mol. The molecule has 0 spiro atoms. The van der Waals surface area contributed by atoms with Crippen molar-refractivity contribution in [3.63, 3.8) is 0 Å². The molecule has 0 atom stereocenters. The molecule has 3 aromatic rings. The van der Waals surface area contributed by atoms with E-state index < -0.39 is 0 Å². The summed E-state index contributed by atoms with van der Waals surface area (Å²) in [6.45, 7) is 4.20. The smallest absolute Gasteiger partial charge is 1.00 e. The molecule has 21 heavy (non-hydrogen) atoms. The summed E-state index contributed by atoms with van der Waals surface area (Å²) in [5, 5.41) is 1.31. The minimum Gasteiger partial charge on any atom is -1.00 e. The average molecular weight is 354 g/mol. The van der Waals surface area contributed by atoms with Gasteiger partial charge < -0.3 is 29.8 Å². The van der Waals surface area contributed by atoms with Gasteiger partial charge in [0, 0.05) is 0 Å². The van der Waals surface area contributed by atoms with Gasteiger partial charge in [-0.05, 0) is 0 Å². The van der Waals surface area contributed by atoms with Crippen molar-refractivity contribution in [2.24, 2.45) is 0 Å². The quantitative estimate of drug-likeness (QED) is 0.359.